The molecule has 2 aromatic carbocycles. The number of halogens is 1. The summed E-state index contributed by atoms with van der Waals surface area (Å²) in [6.45, 7) is 0.113. The molecule has 0 atom stereocenters. The van der Waals surface area contributed by atoms with Crippen molar-refractivity contribution in [2.24, 2.45) is 0 Å². The van der Waals surface area contributed by atoms with Gasteiger partial charge in [-0.1, -0.05) is 6.07 Å². The molecule has 0 fully saturated rings. The molecule has 2 amide bonds. The van der Waals surface area contributed by atoms with E-state index in [9.17, 15) is 14.0 Å². The van der Waals surface area contributed by atoms with E-state index in [4.69, 9.17) is 9.47 Å². The van der Waals surface area contributed by atoms with Gasteiger partial charge in [-0.25, -0.2) is 4.39 Å². The molecule has 0 unspecified atom stereocenters. The summed E-state index contributed by atoms with van der Waals surface area (Å²) in [5.41, 5.74) is 0.670. The zero-order valence-electron chi connectivity index (χ0n) is 15.0. The van der Waals surface area contributed by atoms with Crippen LogP contribution in [0.2, 0.25) is 0 Å². The summed E-state index contributed by atoms with van der Waals surface area (Å²) in [6, 6.07) is 12.5. The molecule has 2 heterocycles. The number of benzene rings is 2. The average Bonchev–Trinajstić information content (AvgIpc) is 3.40. The normalized spacial score (nSPS) is 12.2. The number of fused-ring (bicyclic) bond motifs is 1. The molecule has 1 aliphatic rings. The maximum atomic E-state index is 14.1. The fourth-order valence-electron chi connectivity index (χ4n) is 2.66. The summed E-state index contributed by atoms with van der Waals surface area (Å²) in [5, 5.41) is 7.04. The van der Waals surface area contributed by atoms with Gasteiger partial charge in [-0.15, -0.1) is 11.3 Å². The van der Waals surface area contributed by atoms with Crippen LogP contribution >= 0.6 is 11.3 Å². The van der Waals surface area contributed by atoms with Crippen molar-refractivity contribution >= 4 is 40.6 Å². The monoisotopic (exact) mass is 410 g/mol. The summed E-state index contributed by atoms with van der Waals surface area (Å²) < 4.78 is 24.6. The smallest absolute Gasteiger partial charge is 0.255 e. The third-order valence-corrected chi connectivity index (χ3v) is 4.90. The van der Waals surface area contributed by atoms with Crippen molar-refractivity contribution in [2.75, 3.05) is 17.4 Å². The standard InChI is InChI=1S/C21H15FN2O4S/c22-16-6-4-14(11-17(16)24-20(25)8-5-15-2-1-9-29-15)23-21(26)13-3-7-18-19(10-13)28-12-27-18/h1-11H,12H2,(H,23,26)(H,24,25)/b8-5+. The quantitative estimate of drug-likeness (QED) is 0.607. The van der Waals surface area contributed by atoms with Crippen molar-refractivity contribution in [1.82, 2.24) is 0 Å². The van der Waals surface area contributed by atoms with Crippen molar-refractivity contribution < 1.29 is 23.5 Å². The fraction of sp³-hybridized carbons (Fsp3) is 0.0476. The third-order valence-electron chi connectivity index (χ3n) is 4.06. The van der Waals surface area contributed by atoms with E-state index >= 15 is 0 Å². The van der Waals surface area contributed by atoms with Gasteiger partial charge in [0.1, 0.15) is 5.82 Å². The van der Waals surface area contributed by atoms with Crippen molar-refractivity contribution in [1.29, 1.82) is 0 Å². The highest BCUT2D eigenvalue weighted by atomic mass is 32.1. The lowest BCUT2D eigenvalue weighted by molar-refractivity contribution is -0.111. The molecule has 2 N–H and O–H groups in total. The summed E-state index contributed by atoms with van der Waals surface area (Å²) in [6.07, 6.45) is 2.96. The predicted octanol–water partition coefficient (Wildman–Crippen LogP) is 4.52. The number of ether oxygens (including phenoxy) is 2. The van der Waals surface area contributed by atoms with Crippen molar-refractivity contribution in [3.05, 3.63) is 76.2 Å². The minimum atomic E-state index is -0.607. The maximum absolute atomic E-state index is 14.1. The summed E-state index contributed by atoms with van der Waals surface area (Å²) in [7, 11) is 0. The van der Waals surface area contributed by atoms with Crippen LogP contribution in [-0.2, 0) is 4.79 Å². The van der Waals surface area contributed by atoms with Gasteiger partial charge >= 0.3 is 0 Å². The molecule has 29 heavy (non-hydrogen) atoms. The molecule has 1 aliphatic heterocycles. The molecule has 1 aromatic heterocycles. The molecule has 6 nitrogen and oxygen atoms in total. The number of amides is 2. The first-order chi connectivity index (χ1) is 14.1. The molecular weight excluding hydrogens is 395 g/mol. The van der Waals surface area contributed by atoms with Gasteiger partial charge in [0.15, 0.2) is 11.5 Å². The Morgan fingerprint density at radius 1 is 1.03 bits per heavy atom. The van der Waals surface area contributed by atoms with E-state index in [1.807, 2.05) is 17.5 Å². The molecule has 0 spiro atoms. The van der Waals surface area contributed by atoms with Gasteiger partial charge in [-0.2, -0.15) is 0 Å². The molecule has 8 heteroatoms. The zero-order valence-corrected chi connectivity index (χ0v) is 15.8. The Balaban J connectivity index is 1.45. The van der Waals surface area contributed by atoms with Crippen LogP contribution in [0.3, 0.4) is 0 Å². The lowest BCUT2D eigenvalue weighted by Crippen LogP contribution is -2.13. The third kappa shape index (κ3) is 4.44. The van der Waals surface area contributed by atoms with Gasteiger partial charge in [0.25, 0.3) is 5.91 Å². The highest BCUT2D eigenvalue weighted by molar-refractivity contribution is 7.10. The second kappa shape index (κ2) is 8.15. The summed E-state index contributed by atoms with van der Waals surface area (Å²) in [5.74, 6) is -0.420. The predicted molar refractivity (Wildman–Crippen MR) is 109 cm³/mol. The topological polar surface area (TPSA) is 76.7 Å². The molecule has 0 radical (unpaired) electrons. The van der Waals surface area contributed by atoms with E-state index in [0.717, 1.165) is 4.88 Å². The van der Waals surface area contributed by atoms with Crippen LogP contribution in [0.5, 0.6) is 11.5 Å². The number of nitrogens with one attached hydrogen (secondary N) is 2. The van der Waals surface area contributed by atoms with E-state index in [-0.39, 0.29) is 12.5 Å². The largest absolute Gasteiger partial charge is 0.454 e. The SMILES string of the molecule is O=C(/C=C/c1cccs1)Nc1cc(NC(=O)c2ccc3c(c2)OCO3)ccc1F. The Labute approximate surface area is 169 Å². The van der Waals surface area contributed by atoms with Crippen molar-refractivity contribution in [3.8, 4) is 11.5 Å². The van der Waals surface area contributed by atoms with E-state index in [1.165, 1.54) is 35.6 Å². The van der Waals surface area contributed by atoms with Gasteiger partial charge in [0.05, 0.1) is 5.69 Å². The number of thiophene rings is 1. The van der Waals surface area contributed by atoms with E-state index < -0.39 is 17.6 Å². The van der Waals surface area contributed by atoms with E-state index in [2.05, 4.69) is 10.6 Å². The van der Waals surface area contributed by atoms with E-state index in [1.54, 1.807) is 24.3 Å². The molecular formula is C21H15FN2O4S. The molecule has 0 saturated carbocycles. The lowest BCUT2D eigenvalue weighted by atomic mass is 10.1. The van der Waals surface area contributed by atoms with Crippen LogP contribution < -0.4 is 20.1 Å². The van der Waals surface area contributed by atoms with Crippen LogP contribution in [0, 0.1) is 5.82 Å². The Kier molecular flexibility index (Phi) is 5.26. The van der Waals surface area contributed by atoms with Crippen LogP contribution in [0.15, 0.2) is 60.0 Å². The zero-order chi connectivity index (χ0) is 20.2. The average molecular weight is 410 g/mol. The van der Waals surface area contributed by atoms with Crippen LogP contribution in [0.4, 0.5) is 15.8 Å². The summed E-state index contributed by atoms with van der Waals surface area (Å²) >= 11 is 1.48. The lowest BCUT2D eigenvalue weighted by Gasteiger charge is -2.09. The summed E-state index contributed by atoms with van der Waals surface area (Å²) in [4.78, 5) is 25.4. The number of hydrogen-bond donors (Lipinski definition) is 2. The fourth-order valence-corrected chi connectivity index (χ4v) is 3.28. The second-order valence-corrected chi connectivity index (χ2v) is 7.03. The first-order valence-electron chi connectivity index (χ1n) is 8.61. The van der Waals surface area contributed by atoms with Crippen LogP contribution in [0.25, 0.3) is 6.08 Å². The molecule has 3 aromatic rings. The number of rotatable bonds is 5. The van der Waals surface area contributed by atoms with Gasteiger partial charge in [0, 0.05) is 22.2 Å². The maximum Gasteiger partial charge on any atom is 0.255 e. The number of anilines is 2. The number of carbonyl (C=O) groups excluding carboxylic acids is 2. The van der Waals surface area contributed by atoms with Crippen LogP contribution in [0.1, 0.15) is 15.2 Å². The molecule has 0 aliphatic carbocycles. The van der Waals surface area contributed by atoms with Crippen molar-refractivity contribution in [3.63, 3.8) is 0 Å². The molecule has 0 saturated heterocycles. The van der Waals surface area contributed by atoms with Crippen LogP contribution in [-0.4, -0.2) is 18.6 Å². The van der Waals surface area contributed by atoms with Gasteiger partial charge < -0.3 is 20.1 Å². The molecule has 4 rings (SSSR count). The minimum absolute atomic E-state index is 0.0330. The Bertz CT molecular complexity index is 1100. The highest BCUT2D eigenvalue weighted by Crippen LogP contribution is 2.32. The van der Waals surface area contributed by atoms with E-state index in [0.29, 0.717) is 22.7 Å². The van der Waals surface area contributed by atoms with Crippen molar-refractivity contribution in [2.45, 2.75) is 0 Å². The Hall–Kier alpha value is -3.65. The number of hydrogen-bond acceptors (Lipinski definition) is 5. The minimum Gasteiger partial charge on any atom is -0.454 e. The number of carbonyl (C=O) groups is 2. The van der Waals surface area contributed by atoms with Gasteiger partial charge in [-0.05, 0) is 53.9 Å². The molecule has 0 bridgehead atoms. The Morgan fingerprint density at radius 3 is 2.72 bits per heavy atom. The van der Waals surface area contributed by atoms with Gasteiger partial charge in [-0.3, -0.25) is 9.59 Å². The highest BCUT2D eigenvalue weighted by Gasteiger charge is 2.16. The first kappa shape index (κ1) is 18.7. The Morgan fingerprint density at radius 2 is 1.90 bits per heavy atom. The first-order valence-corrected chi connectivity index (χ1v) is 9.49. The second-order valence-electron chi connectivity index (χ2n) is 6.05. The van der Waals surface area contributed by atoms with Gasteiger partial charge in [0.2, 0.25) is 12.7 Å². The molecule has 146 valence electrons.